The number of amides is 3. The molecule has 1 aliphatic heterocycles. The Hall–Kier alpha value is -2.78. The van der Waals surface area contributed by atoms with Crippen LogP contribution in [0, 0.1) is 0 Å². The van der Waals surface area contributed by atoms with Crippen LogP contribution in [0.15, 0.2) is 17.3 Å². The second-order valence-electron chi connectivity index (χ2n) is 9.95. The fraction of sp³-hybridized carbons (Fsp3) is 0.839. The molecular formula is C31H55N5O14. The Kier molecular flexibility index (Phi) is 32.6. The van der Waals surface area contributed by atoms with Crippen LogP contribution < -0.4 is 5.32 Å². The molecule has 0 aromatic carbocycles. The molecule has 0 atom stereocenters. The number of ether oxygens (including phenoxy) is 11. The average molecular weight is 722 g/mol. The second kappa shape index (κ2) is 36.0. The normalized spacial score (nSPS) is 12.6. The number of rotatable bonds is 39. The number of imide groups is 1. The summed E-state index contributed by atoms with van der Waals surface area (Å²) in [6.07, 6.45) is 2.43. The summed E-state index contributed by atoms with van der Waals surface area (Å²) in [5, 5.41) is 6.04. The number of carbonyl (C=O) groups is 3. The molecule has 0 spiro atoms. The molecule has 288 valence electrons. The highest BCUT2D eigenvalue weighted by Crippen LogP contribution is 2.03. The van der Waals surface area contributed by atoms with Gasteiger partial charge in [-0.25, -0.2) is 0 Å². The monoisotopic (exact) mass is 721 g/mol. The van der Waals surface area contributed by atoms with E-state index in [0.717, 1.165) is 4.90 Å². The summed E-state index contributed by atoms with van der Waals surface area (Å²) >= 11 is 0. The number of nitrogens with zero attached hydrogens (tertiary/aromatic N) is 4. The maximum atomic E-state index is 11.8. The molecule has 0 bridgehead atoms. The molecule has 0 unspecified atom stereocenters. The molecule has 1 rings (SSSR count). The van der Waals surface area contributed by atoms with E-state index >= 15 is 0 Å². The first-order valence-corrected chi connectivity index (χ1v) is 16.8. The highest BCUT2D eigenvalue weighted by Gasteiger charge is 2.23. The summed E-state index contributed by atoms with van der Waals surface area (Å²) in [7, 11) is 0. The zero-order valence-electron chi connectivity index (χ0n) is 29.0. The first-order valence-electron chi connectivity index (χ1n) is 16.8. The Morgan fingerprint density at radius 3 is 1.16 bits per heavy atom. The minimum atomic E-state index is -0.400. The van der Waals surface area contributed by atoms with Gasteiger partial charge in [0.05, 0.1) is 145 Å². The molecule has 1 aliphatic rings. The lowest BCUT2D eigenvalue weighted by atomic mass is 10.3. The molecule has 0 saturated heterocycles. The van der Waals surface area contributed by atoms with Crippen LogP contribution in [-0.4, -0.2) is 188 Å². The predicted molar refractivity (Wildman–Crippen MR) is 177 cm³/mol. The number of azide groups is 1. The van der Waals surface area contributed by atoms with Crippen LogP contribution in [-0.2, 0) is 66.5 Å². The van der Waals surface area contributed by atoms with Crippen molar-refractivity contribution in [3.63, 3.8) is 0 Å². The van der Waals surface area contributed by atoms with Crippen LogP contribution >= 0.6 is 0 Å². The topological polar surface area (TPSA) is 217 Å². The zero-order chi connectivity index (χ0) is 36.0. The molecule has 1 heterocycles. The number of carbonyl (C=O) groups excluding carboxylic acids is 3. The van der Waals surface area contributed by atoms with E-state index in [1.807, 2.05) is 0 Å². The Morgan fingerprint density at radius 2 is 0.840 bits per heavy atom. The largest absolute Gasteiger partial charge is 0.379 e. The Labute approximate surface area is 293 Å². The zero-order valence-corrected chi connectivity index (χ0v) is 29.0. The predicted octanol–water partition coefficient (Wildman–Crippen LogP) is -0.0894. The van der Waals surface area contributed by atoms with E-state index in [9.17, 15) is 14.4 Å². The average Bonchev–Trinajstić information content (AvgIpc) is 3.44. The van der Waals surface area contributed by atoms with Crippen molar-refractivity contribution in [3.05, 3.63) is 22.6 Å². The van der Waals surface area contributed by atoms with Gasteiger partial charge in [-0.05, 0) is 5.53 Å². The molecule has 19 heteroatoms. The fourth-order valence-corrected chi connectivity index (χ4v) is 3.67. The lowest BCUT2D eigenvalue weighted by molar-refractivity contribution is -0.137. The van der Waals surface area contributed by atoms with Gasteiger partial charge in [-0.2, -0.15) is 0 Å². The summed E-state index contributed by atoms with van der Waals surface area (Å²) in [4.78, 5) is 38.3. The van der Waals surface area contributed by atoms with Gasteiger partial charge in [-0.1, -0.05) is 5.11 Å². The third-order valence-corrected chi connectivity index (χ3v) is 6.15. The van der Waals surface area contributed by atoms with Gasteiger partial charge in [0.15, 0.2) is 0 Å². The molecule has 50 heavy (non-hydrogen) atoms. The van der Waals surface area contributed by atoms with E-state index < -0.39 is 11.8 Å². The molecule has 0 aromatic heterocycles. The maximum Gasteiger partial charge on any atom is 0.253 e. The standard InChI is InChI=1S/C31H55N5O14/c32-35-34-5-8-41-10-12-43-14-16-45-18-20-47-22-24-49-26-28-50-27-25-48-23-21-46-19-17-44-15-13-42-11-9-40-7-4-33-29(37)3-6-36-30(38)1-2-31(36)39/h1-2H,3-28H2,(H,33,37). The Morgan fingerprint density at radius 1 is 0.540 bits per heavy atom. The van der Waals surface area contributed by atoms with Crippen LogP contribution in [0.3, 0.4) is 0 Å². The minimum absolute atomic E-state index is 0.0496. The van der Waals surface area contributed by atoms with Crippen LogP contribution in [0.4, 0.5) is 0 Å². The quantitative estimate of drug-likeness (QED) is 0.0289. The van der Waals surface area contributed by atoms with Crippen LogP contribution in [0.1, 0.15) is 6.42 Å². The second-order valence-corrected chi connectivity index (χ2v) is 9.95. The molecular weight excluding hydrogens is 666 g/mol. The first kappa shape index (κ1) is 45.2. The van der Waals surface area contributed by atoms with E-state index in [0.29, 0.717) is 158 Å². The van der Waals surface area contributed by atoms with Crippen LogP contribution in [0.2, 0.25) is 0 Å². The molecule has 19 nitrogen and oxygen atoms in total. The molecule has 0 aliphatic carbocycles. The maximum absolute atomic E-state index is 11.8. The number of nitrogens with one attached hydrogen (secondary N) is 1. The van der Waals surface area contributed by atoms with E-state index in [2.05, 4.69) is 15.3 Å². The molecule has 1 N–H and O–H groups in total. The van der Waals surface area contributed by atoms with Crippen molar-refractivity contribution in [2.24, 2.45) is 5.11 Å². The summed E-state index contributed by atoms with van der Waals surface area (Å²) in [6, 6.07) is 0. The van der Waals surface area contributed by atoms with Crippen molar-refractivity contribution >= 4 is 17.7 Å². The SMILES string of the molecule is [N-]=[N+]=NCCOCCOCCOCCOCCOCCOCCOCCOCCOCCOCCOCCNC(=O)CCN1C(=O)C=CC1=O. The van der Waals surface area contributed by atoms with Gasteiger partial charge < -0.3 is 57.4 Å². The van der Waals surface area contributed by atoms with Gasteiger partial charge in [0.25, 0.3) is 11.8 Å². The highest BCUT2D eigenvalue weighted by atomic mass is 16.6. The van der Waals surface area contributed by atoms with Gasteiger partial charge >= 0.3 is 0 Å². The fourth-order valence-electron chi connectivity index (χ4n) is 3.67. The van der Waals surface area contributed by atoms with Gasteiger partial charge in [-0.3, -0.25) is 19.3 Å². The molecule has 0 aromatic rings. The van der Waals surface area contributed by atoms with E-state index in [1.54, 1.807) is 0 Å². The molecule has 0 saturated carbocycles. The summed E-state index contributed by atoms with van der Waals surface area (Å²) in [6.45, 7) is 10.6. The Balaban J connectivity index is 1.64. The molecule has 0 radical (unpaired) electrons. The lowest BCUT2D eigenvalue weighted by Gasteiger charge is -2.13. The van der Waals surface area contributed by atoms with Crippen LogP contribution in [0.25, 0.3) is 10.4 Å². The summed E-state index contributed by atoms with van der Waals surface area (Å²) < 4.78 is 59.5. The smallest absolute Gasteiger partial charge is 0.253 e. The van der Waals surface area contributed by atoms with Gasteiger partial charge in [-0.15, -0.1) is 0 Å². The summed E-state index contributed by atoms with van der Waals surface area (Å²) in [5.74, 6) is -1.06. The third-order valence-electron chi connectivity index (χ3n) is 6.15. The Bertz CT molecular complexity index is 908. The van der Waals surface area contributed by atoms with E-state index in [4.69, 9.17) is 57.6 Å². The lowest BCUT2D eigenvalue weighted by Crippen LogP contribution is -2.35. The van der Waals surface area contributed by atoms with Gasteiger partial charge in [0, 0.05) is 43.1 Å². The van der Waals surface area contributed by atoms with Crippen molar-refractivity contribution in [1.82, 2.24) is 10.2 Å². The van der Waals surface area contributed by atoms with Crippen molar-refractivity contribution in [3.8, 4) is 0 Å². The summed E-state index contributed by atoms with van der Waals surface area (Å²) in [5.41, 5.74) is 8.14. The molecule has 3 amide bonds. The third kappa shape index (κ3) is 30.1. The van der Waals surface area contributed by atoms with Gasteiger partial charge in [0.2, 0.25) is 5.91 Å². The van der Waals surface area contributed by atoms with Crippen molar-refractivity contribution in [2.45, 2.75) is 6.42 Å². The first-order chi connectivity index (χ1) is 24.6. The minimum Gasteiger partial charge on any atom is -0.379 e. The van der Waals surface area contributed by atoms with Gasteiger partial charge in [0.1, 0.15) is 0 Å². The molecule has 0 fully saturated rings. The van der Waals surface area contributed by atoms with E-state index in [1.165, 1.54) is 12.2 Å². The van der Waals surface area contributed by atoms with Crippen LogP contribution in [0.5, 0.6) is 0 Å². The van der Waals surface area contributed by atoms with E-state index in [-0.39, 0.29) is 18.9 Å². The highest BCUT2D eigenvalue weighted by molar-refractivity contribution is 6.13. The number of hydrogen-bond donors (Lipinski definition) is 1. The van der Waals surface area contributed by atoms with Crippen molar-refractivity contribution < 1.29 is 66.5 Å². The number of hydrogen-bond acceptors (Lipinski definition) is 15. The van der Waals surface area contributed by atoms with Crippen molar-refractivity contribution in [1.29, 1.82) is 0 Å². The van der Waals surface area contributed by atoms with Crippen molar-refractivity contribution in [2.75, 3.05) is 165 Å².